The van der Waals surface area contributed by atoms with Crippen LogP contribution in [0.15, 0.2) is 22.7 Å². The van der Waals surface area contributed by atoms with Gasteiger partial charge in [0.25, 0.3) is 0 Å². The maximum Gasteiger partial charge on any atom is 0.410 e. The fourth-order valence-corrected chi connectivity index (χ4v) is 2.74. The average Bonchev–Trinajstić information content (AvgIpc) is 2.87. The van der Waals surface area contributed by atoms with E-state index in [1.165, 1.54) is 11.1 Å². The summed E-state index contributed by atoms with van der Waals surface area (Å²) in [6.07, 6.45) is 0.755. The molecule has 0 saturated carbocycles. The predicted octanol–water partition coefficient (Wildman–Crippen LogP) is 3.86. The van der Waals surface area contributed by atoms with Crippen molar-refractivity contribution in [2.24, 2.45) is 0 Å². The van der Waals surface area contributed by atoms with E-state index in [0.29, 0.717) is 12.6 Å². The molecule has 1 saturated heterocycles. The van der Waals surface area contributed by atoms with Crippen molar-refractivity contribution in [1.82, 2.24) is 10.2 Å². The van der Waals surface area contributed by atoms with E-state index in [1.54, 1.807) is 4.90 Å². The summed E-state index contributed by atoms with van der Waals surface area (Å²) in [7, 11) is 0. The third-order valence-electron chi connectivity index (χ3n) is 3.66. The summed E-state index contributed by atoms with van der Waals surface area (Å²) in [6, 6.07) is 6.70. The van der Waals surface area contributed by atoms with Crippen molar-refractivity contribution in [3.63, 3.8) is 0 Å². The minimum atomic E-state index is -0.433. The molecule has 1 N–H and O–H groups in total. The topological polar surface area (TPSA) is 41.6 Å². The first kappa shape index (κ1) is 17.3. The van der Waals surface area contributed by atoms with Gasteiger partial charge in [-0.1, -0.05) is 28.1 Å². The summed E-state index contributed by atoms with van der Waals surface area (Å²) < 4.78 is 6.55. The number of hydrogen-bond donors (Lipinski definition) is 1. The molecule has 22 heavy (non-hydrogen) atoms. The third kappa shape index (κ3) is 4.99. The number of ether oxygens (including phenoxy) is 1. The van der Waals surface area contributed by atoms with Crippen LogP contribution in [0.25, 0.3) is 0 Å². The SMILES string of the molecule is Cc1cc(CNC2CCN(C(=O)OC(C)(C)C)C2)ccc1Br. The zero-order valence-corrected chi connectivity index (χ0v) is 15.4. The average molecular weight is 369 g/mol. The Hall–Kier alpha value is -1.07. The summed E-state index contributed by atoms with van der Waals surface area (Å²) in [5, 5.41) is 3.53. The van der Waals surface area contributed by atoms with Crippen molar-refractivity contribution >= 4 is 22.0 Å². The Morgan fingerprint density at radius 2 is 2.18 bits per heavy atom. The monoisotopic (exact) mass is 368 g/mol. The Kier molecular flexibility index (Phi) is 5.50. The van der Waals surface area contributed by atoms with E-state index in [4.69, 9.17) is 4.74 Å². The zero-order valence-electron chi connectivity index (χ0n) is 13.8. The van der Waals surface area contributed by atoms with E-state index in [9.17, 15) is 4.79 Å². The summed E-state index contributed by atoms with van der Waals surface area (Å²) >= 11 is 3.52. The Bertz CT molecular complexity index is 540. The van der Waals surface area contributed by atoms with Gasteiger partial charge in [-0.15, -0.1) is 0 Å². The van der Waals surface area contributed by atoms with Gasteiger partial charge in [-0.05, 0) is 51.3 Å². The number of nitrogens with zero attached hydrogens (tertiary/aromatic N) is 1. The minimum absolute atomic E-state index is 0.212. The fourth-order valence-electron chi connectivity index (χ4n) is 2.50. The van der Waals surface area contributed by atoms with Gasteiger partial charge in [0.15, 0.2) is 0 Å². The zero-order chi connectivity index (χ0) is 16.3. The van der Waals surface area contributed by atoms with Crippen LogP contribution in [0.4, 0.5) is 4.79 Å². The van der Waals surface area contributed by atoms with Crippen LogP contribution in [-0.4, -0.2) is 35.7 Å². The van der Waals surface area contributed by atoms with Crippen LogP contribution in [0, 0.1) is 6.92 Å². The molecule has 4 nitrogen and oxygen atoms in total. The van der Waals surface area contributed by atoms with Crippen LogP contribution >= 0.6 is 15.9 Å². The molecule has 0 aromatic heterocycles. The Morgan fingerprint density at radius 1 is 1.45 bits per heavy atom. The first-order valence-electron chi connectivity index (χ1n) is 7.71. The van der Waals surface area contributed by atoms with E-state index in [-0.39, 0.29) is 6.09 Å². The molecule has 0 spiro atoms. The quantitative estimate of drug-likeness (QED) is 0.880. The van der Waals surface area contributed by atoms with Crippen LogP contribution in [0.5, 0.6) is 0 Å². The molecule has 1 fully saturated rings. The van der Waals surface area contributed by atoms with Crippen molar-refractivity contribution in [3.8, 4) is 0 Å². The lowest BCUT2D eigenvalue weighted by Crippen LogP contribution is -2.38. The number of aryl methyl sites for hydroxylation is 1. The number of likely N-dealkylation sites (tertiary alicyclic amines) is 1. The van der Waals surface area contributed by atoms with Gasteiger partial charge >= 0.3 is 6.09 Å². The highest BCUT2D eigenvalue weighted by molar-refractivity contribution is 9.10. The molecule has 1 aliphatic heterocycles. The Balaban J connectivity index is 1.81. The minimum Gasteiger partial charge on any atom is -0.444 e. The second kappa shape index (κ2) is 7.01. The second-order valence-electron chi connectivity index (χ2n) is 6.88. The van der Waals surface area contributed by atoms with Crippen molar-refractivity contribution in [3.05, 3.63) is 33.8 Å². The molecule has 1 unspecified atom stereocenters. The van der Waals surface area contributed by atoms with Crippen LogP contribution in [0.1, 0.15) is 38.3 Å². The van der Waals surface area contributed by atoms with Gasteiger partial charge in [-0.2, -0.15) is 0 Å². The molecular formula is C17H25BrN2O2. The fraction of sp³-hybridized carbons (Fsp3) is 0.588. The lowest BCUT2D eigenvalue weighted by molar-refractivity contribution is 0.0291. The van der Waals surface area contributed by atoms with Crippen molar-refractivity contribution < 1.29 is 9.53 Å². The number of rotatable bonds is 3. The molecule has 2 rings (SSSR count). The van der Waals surface area contributed by atoms with E-state index in [1.807, 2.05) is 20.8 Å². The van der Waals surface area contributed by atoms with Gasteiger partial charge in [0.05, 0.1) is 0 Å². The number of hydrogen-bond acceptors (Lipinski definition) is 3. The number of nitrogens with one attached hydrogen (secondary N) is 1. The molecular weight excluding hydrogens is 344 g/mol. The molecule has 1 amide bonds. The molecule has 1 aromatic carbocycles. The Labute approximate surface area is 141 Å². The van der Waals surface area contributed by atoms with Crippen LogP contribution < -0.4 is 5.32 Å². The van der Waals surface area contributed by atoms with Gasteiger partial charge in [0.1, 0.15) is 5.60 Å². The van der Waals surface area contributed by atoms with E-state index in [2.05, 4.69) is 46.4 Å². The summed E-state index contributed by atoms with van der Waals surface area (Å²) in [4.78, 5) is 13.8. The highest BCUT2D eigenvalue weighted by Gasteiger charge is 2.29. The van der Waals surface area contributed by atoms with Gasteiger partial charge in [-0.25, -0.2) is 4.79 Å². The predicted molar refractivity (Wildman–Crippen MR) is 91.9 cm³/mol. The molecule has 0 aliphatic carbocycles. The van der Waals surface area contributed by atoms with Crippen molar-refractivity contribution in [2.45, 2.75) is 52.3 Å². The molecule has 1 heterocycles. The first-order valence-corrected chi connectivity index (χ1v) is 8.50. The van der Waals surface area contributed by atoms with Crippen LogP contribution in [0.3, 0.4) is 0 Å². The first-order chi connectivity index (χ1) is 10.2. The van der Waals surface area contributed by atoms with Crippen molar-refractivity contribution in [1.29, 1.82) is 0 Å². The smallest absolute Gasteiger partial charge is 0.410 e. The number of benzene rings is 1. The van der Waals surface area contributed by atoms with Crippen molar-refractivity contribution in [2.75, 3.05) is 13.1 Å². The van der Waals surface area contributed by atoms with Gasteiger partial charge in [0.2, 0.25) is 0 Å². The molecule has 0 bridgehead atoms. The van der Waals surface area contributed by atoms with Crippen LogP contribution in [-0.2, 0) is 11.3 Å². The number of carbonyl (C=O) groups is 1. The normalized spacial score (nSPS) is 18.6. The van der Waals surface area contributed by atoms with Gasteiger partial charge in [-0.3, -0.25) is 0 Å². The Morgan fingerprint density at radius 3 is 2.82 bits per heavy atom. The number of amides is 1. The highest BCUT2D eigenvalue weighted by Crippen LogP contribution is 2.18. The highest BCUT2D eigenvalue weighted by atomic mass is 79.9. The third-order valence-corrected chi connectivity index (χ3v) is 4.55. The lowest BCUT2D eigenvalue weighted by Gasteiger charge is -2.24. The molecule has 1 aliphatic rings. The largest absolute Gasteiger partial charge is 0.444 e. The standard InChI is InChI=1S/C17H25BrN2O2/c1-12-9-13(5-6-15(12)18)10-19-14-7-8-20(11-14)16(21)22-17(2,3)4/h5-6,9,14,19H,7-8,10-11H2,1-4H3. The summed E-state index contributed by atoms with van der Waals surface area (Å²) in [6.45, 7) is 10.1. The van der Waals surface area contributed by atoms with E-state index < -0.39 is 5.60 Å². The molecule has 122 valence electrons. The molecule has 0 radical (unpaired) electrons. The van der Waals surface area contributed by atoms with E-state index in [0.717, 1.165) is 24.0 Å². The lowest BCUT2D eigenvalue weighted by atomic mass is 10.1. The van der Waals surface area contributed by atoms with Gasteiger partial charge in [0, 0.05) is 30.1 Å². The summed E-state index contributed by atoms with van der Waals surface area (Å²) in [5.74, 6) is 0. The molecule has 1 atom stereocenters. The molecule has 5 heteroatoms. The van der Waals surface area contributed by atoms with E-state index >= 15 is 0 Å². The maximum absolute atomic E-state index is 12.0. The number of carbonyl (C=O) groups excluding carboxylic acids is 1. The second-order valence-corrected chi connectivity index (χ2v) is 7.73. The van der Waals surface area contributed by atoms with Gasteiger partial charge < -0.3 is 15.0 Å². The summed E-state index contributed by atoms with van der Waals surface area (Å²) in [5.41, 5.74) is 2.06. The maximum atomic E-state index is 12.0. The molecule has 1 aromatic rings. The van der Waals surface area contributed by atoms with Crippen LogP contribution in [0.2, 0.25) is 0 Å². The number of halogens is 1.